The van der Waals surface area contributed by atoms with Crippen LogP contribution in [0.1, 0.15) is 31.1 Å². The van der Waals surface area contributed by atoms with Crippen molar-refractivity contribution in [3.8, 4) is 23.0 Å². The molecule has 4 aromatic rings. The van der Waals surface area contributed by atoms with Gasteiger partial charge in [-0.25, -0.2) is 4.57 Å². The first-order valence-corrected chi connectivity index (χ1v) is 14.9. The Kier molecular flexibility index (Phi) is 10.2. The van der Waals surface area contributed by atoms with Crippen molar-refractivity contribution in [2.45, 2.75) is 26.6 Å². The first-order chi connectivity index (χ1) is 20.1. The zero-order chi connectivity index (χ0) is 30.2. The third-order valence-corrected chi connectivity index (χ3v) is 7.95. The zero-order valence-electron chi connectivity index (χ0n) is 23.7. The number of hydrogen-bond donors (Lipinski definition) is 0. The van der Waals surface area contributed by atoms with Gasteiger partial charge in [0.25, 0.3) is 0 Å². The van der Waals surface area contributed by atoms with Gasteiger partial charge in [0.05, 0.1) is 19.6 Å². The molecule has 0 saturated heterocycles. The van der Waals surface area contributed by atoms with E-state index in [4.69, 9.17) is 39.4 Å². The Morgan fingerprint density at radius 3 is 1.88 bits per heavy atom. The molecule has 0 aromatic heterocycles. The minimum Gasteiger partial charge on any atom is -0.497 e. The Morgan fingerprint density at radius 2 is 1.36 bits per heavy atom. The fourth-order valence-electron chi connectivity index (χ4n) is 4.07. The summed E-state index contributed by atoms with van der Waals surface area (Å²) in [5.41, 5.74) is -0.239. The van der Waals surface area contributed by atoms with E-state index in [0.29, 0.717) is 27.6 Å². The monoisotopic (exact) mass is 610 g/mol. The van der Waals surface area contributed by atoms with E-state index in [1.807, 2.05) is 0 Å². The van der Waals surface area contributed by atoms with E-state index in [9.17, 15) is 9.36 Å². The fraction of sp³-hybridized carbons (Fsp3) is 0.219. The normalized spacial score (nSPS) is 12.2. The Labute approximate surface area is 250 Å². The highest BCUT2D eigenvalue weighted by molar-refractivity contribution is 7.49. The number of carbonyl (C=O) groups is 1. The molecule has 4 aromatic carbocycles. The molecule has 10 heteroatoms. The van der Waals surface area contributed by atoms with Crippen molar-refractivity contribution in [2.75, 3.05) is 14.2 Å². The van der Waals surface area contributed by atoms with E-state index < -0.39 is 25.3 Å². The molecule has 42 heavy (non-hydrogen) atoms. The molecule has 0 aliphatic carbocycles. The number of hydrogen-bond acceptors (Lipinski definition) is 8. The topological polar surface area (TPSA) is 89.5 Å². The summed E-state index contributed by atoms with van der Waals surface area (Å²) in [5, 5.41) is 0.480. The van der Waals surface area contributed by atoms with Gasteiger partial charge >= 0.3 is 13.8 Å². The molecule has 0 saturated carbocycles. The standard InChI is InChI=1S/C32H32ClO8P/c1-32(2,31(34)38-22-24-17-20-28(36-3)21-29(24)37-4)30(23-15-18-25(33)19-16-23)41-42(35,39-26-11-7-5-8-12-26)40-27-13-9-6-10-14-27/h5-21,30H,22H2,1-4H3. The minimum absolute atomic E-state index is 0.0819. The molecule has 0 heterocycles. The highest BCUT2D eigenvalue weighted by Crippen LogP contribution is 2.56. The first kappa shape index (κ1) is 31.0. The van der Waals surface area contributed by atoms with E-state index in [0.717, 1.165) is 0 Å². The average Bonchev–Trinajstić information content (AvgIpc) is 3.00. The van der Waals surface area contributed by atoms with Crippen LogP contribution >= 0.6 is 19.4 Å². The van der Waals surface area contributed by atoms with Gasteiger partial charge in [-0.15, -0.1) is 0 Å². The maximum atomic E-state index is 14.3. The van der Waals surface area contributed by atoms with Crippen LogP contribution in [0.15, 0.2) is 103 Å². The third kappa shape index (κ3) is 7.85. The Balaban J connectivity index is 1.67. The van der Waals surface area contributed by atoms with E-state index >= 15 is 0 Å². The predicted molar refractivity (Wildman–Crippen MR) is 160 cm³/mol. The molecule has 0 spiro atoms. The number of benzene rings is 4. The summed E-state index contributed by atoms with van der Waals surface area (Å²) < 4.78 is 48.6. The van der Waals surface area contributed by atoms with E-state index in [2.05, 4.69) is 0 Å². The molecule has 0 aliphatic heterocycles. The third-order valence-electron chi connectivity index (χ3n) is 6.36. The number of ether oxygens (including phenoxy) is 3. The number of para-hydroxylation sites is 2. The lowest BCUT2D eigenvalue weighted by molar-refractivity contribution is -0.161. The second-order valence-electron chi connectivity index (χ2n) is 9.77. The van der Waals surface area contributed by atoms with Crippen LogP contribution in [-0.2, 0) is 25.2 Å². The smallest absolute Gasteiger partial charge is 0.497 e. The summed E-state index contributed by atoms with van der Waals surface area (Å²) in [6.07, 6.45) is -1.14. The first-order valence-electron chi connectivity index (χ1n) is 13.0. The van der Waals surface area contributed by atoms with Crippen LogP contribution in [0.2, 0.25) is 5.02 Å². The highest BCUT2D eigenvalue weighted by atomic mass is 35.5. The summed E-state index contributed by atoms with van der Waals surface area (Å²) in [7, 11) is -1.34. The quantitative estimate of drug-likeness (QED) is 0.110. The Bertz CT molecular complexity index is 1470. The molecule has 4 rings (SSSR count). The van der Waals surface area contributed by atoms with E-state index in [1.165, 1.54) is 7.11 Å². The van der Waals surface area contributed by atoms with Crippen molar-refractivity contribution >= 4 is 25.4 Å². The van der Waals surface area contributed by atoms with E-state index in [-0.39, 0.29) is 18.1 Å². The molecular weight excluding hydrogens is 579 g/mol. The summed E-state index contributed by atoms with van der Waals surface area (Å²) >= 11 is 6.15. The molecule has 0 N–H and O–H groups in total. The van der Waals surface area contributed by atoms with Gasteiger partial charge in [-0.1, -0.05) is 60.1 Å². The van der Waals surface area contributed by atoms with Crippen molar-refractivity contribution in [3.63, 3.8) is 0 Å². The fourth-order valence-corrected chi connectivity index (χ4v) is 5.72. The summed E-state index contributed by atoms with van der Waals surface area (Å²) in [6, 6.07) is 28.9. The van der Waals surface area contributed by atoms with Crippen LogP contribution in [-0.4, -0.2) is 20.2 Å². The summed E-state index contributed by atoms with van der Waals surface area (Å²) in [6.45, 7) is 3.19. The van der Waals surface area contributed by atoms with Gasteiger partial charge in [0.1, 0.15) is 35.7 Å². The number of methoxy groups -OCH3 is 2. The lowest BCUT2D eigenvalue weighted by Crippen LogP contribution is -2.35. The largest absolute Gasteiger partial charge is 0.588 e. The van der Waals surface area contributed by atoms with Crippen LogP contribution in [0, 0.1) is 5.41 Å². The van der Waals surface area contributed by atoms with Crippen LogP contribution in [0.5, 0.6) is 23.0 Å². The van der Waals surface area contributed by atoms with Gasteiger partial charge < -0.3 is 23.3 Å². The average molecular weight is 611 g/mol. The molecule has 1 unspecified atom stereocenters. The van der Waals surface area contributed by atoms with Gasteiger partial charge in [0, 0.05) is 16.7 Å². The number of esters is 1. The molecule has 8 nitrogen and oxygen atoms in total. The molecule has 0 amide bonds. The molecule has 0 radical (unpaired) electrons. The van der Waals surface area contributed by atoms with Crippen molar-refractivity contribution < 1.29 is 37.1 Å². The molecule has 1 atom stereocenters. The van der Waals surface area contributed by atoms with Crippen molar-refractivity contribution in [1.82, 2.24) is 0 Å². The Hall–Kier alpha value is -3.97. The summed E-state index contributed by atoms with van der Waals surface area (Å²) in [5.74, 6) is 1.01. The number of rotatable bonds is 13. The minimum atomic E-state index is -4.41. The maximum absolute atomic E-state index is 14.3. The van der Waals surface area contributed by atoms with Gasteiger partial charge in [0.2, 0.25) is 0 Å². The number of halogens is 1. The number of phosphoric ester groups is 1. The molecule has 0 fully saturated rings. The second kappa shape index (κ2) is 13.8. The Morgan fingerprint density at radius 1 is 0.786 bits per heavy atom. The van der Waals surface area contributed by atoms with Crippen molar-refractivity contribution in [1.29, 1.82) is 0 Å². The van der Waals surface area contributed by atoms with Crippen molar-refractivity contribution in [2.24, 2.45) is 5.41 Å². The van der Waals surface area contributed by atoms with Crippen molar-refractivity contribution in [3.05, 3.63) is 119 Å². The van der Waals surface area contributed by atoms with Crippen LogP contribution < -0.4 is 18.5 Å². The zero-order valence-corrected chi connectivity index (χ0v) is 25.3. The van der Waals surface area contributed by atoms with Gasteiger partial charge in [-0.2, -0.15) is 0 Å². The lowest BCUT2D eigenvalue weighted by atomic mass is 9.82. The van der Waals surface area contributed by atoms with Crippen LogP contribution in [0.4, 0.5) is 0 Å². The summed E-state index contributed by atoms with van der Waals surface area (Å²) in [4.78, 5) is 13.7. The van der Waals surface area contributed by atoms with Gasteiger partial charge in [-0.05, 0) is 67.9 Å². The number of carbonyl (C=O) groups excluding carboxylic acids is 1. The van der Waals surface area contributed by atoms with Crippen LogP contribution in [0.25, 0.3) is 0 Å². The van der Waals surface area contributed by atoms with Crippen LogP contribution in [0.3, 0.4) is 0 Å². The molecule has 0 aliphatic rings. The van der Waals surface area contributed by atoms with Gasteiger partial charge in [-0.3, -0.25) is 9.32 Å². The maximum Gasteiger partial charge on any atom is 0.588 e. The molecule has 220 valence electrons. The highest BCUT2D eigenvalue weighted by Gasteiger charge is 2.47. The lowest BCUT2D eigenvalue weighted by Gasteiger charge is -2.34. The second-order valence-corrected chi connectivity index (χ2v) is 11.7. The predicted octanol–water partition coefficient (Wildman–Crippen LogP) is 8.45. The van der Waals surface area contributed by atoms with Gasteiger partial charge in [0.15, 0.2) is 0 Å². The van der Waals surface area contributed by atoms with E-state index in [1.54, 1.807) is 124 Å². The molecular formula is C32H32ClO8P. The number of phosphoric acid groups is 1. The SMILES string of the molecule is COc1ccc(COC(=O)C(C)(C)C(OP(=O)(Oc2ccccc2)Oc2ccccc2)c2ccc(Cl)cc2)c(OC)c1. The molecule has 0 bridgehead atoms.